The van der Waals surface area contributed by atoms with Gasteiger partial charge < -0.3 is 19.7 Å². The smallest absolute Gasteiger partial charge is 0.343 e. The highest BCUT2D eigenvalue weighted by Gasteiger charge is 2.27. The SMILES string of the molecule is COC(=O)C(F)C(O)CCOC(C)(C)O. The van der Waals surface area contributed by atoms with Crippen LogP contribution in [0.1, 0.15) is 20.3 Å². The van der Waals surface area contributed by atoms with Crippen molar-refractivity contribution in [3.05, 3.63) is 0 Å². The second-order valence-electron chi connectivity index (χ2n) is 3.58. The second-order valence-corrected chi connectivity index (χ2v) is 3.58. The van der Waals surface area contributed by atoms with Crippen LogP contribution in [0.15, 0.2) is 0 Å². The minimum atomic E-state index is -2.08. The molecule has 6 heteroatoms. The van der Waals surface area contributed by atoms with Gasteiger partial charge in [0, 0.05) is 6.42 Å². The average Bonchev–Trinajstić information content (AvgIpc) is 2.13. The maximum Gasteiger partial charge on any atom is 0.343 e. The molecule has 0 aliphatic carbocycles. The molecule has 2 N–H and O–H groups in total. The number of aliphatic hydroxyl groups is 2. The number of hydrogen-bond donors (Lipinski definition) is 2. The molecule has 0 aromatic rings. The Balaban J connectivity index is 3.83. The molecule has 0 saturated heterocycles. The molecule has 0 bridgehead atoms. The largest absolute Gasteiger partial charge is 0.467 e. The van der Waals surface area contributed by atoms with Gasteiger partial charge in [-0.05, 0) is 13.8 Å². The van der Waals surface area contributed by atoms with Crippen molar-refractivity contribution < 1.29 is 28.9 Å². The van der Waals surface area contributed by atoms with Crippen LogP contribution >= 0.6 is 0 Å². The van der Waals surface area contributed by atoms with E-state index in [-0.39, 0.29) is 13.0 Å². The van der Waals surface area contributed by atoms with Gasteiger partial charge in [0.15, 0.2) is 5.79 Å². The van der Waals surface area contributed by atoms with Gasteiger partial charge in [0.05, 0.1) is 19.8 Å². The number of halogens is 1. The number of aliphatic hydroxyl groups excluding tert-OH is 1. The van der Waals surface area contributed by atoms with Gasteiger partial charge in [-0.25, -0.2) is 9.18 Å². The summed E-state index contributed by atoms with van der Waals surface area (Å²) in [5, 5.41) is 18.3. The lowest BCUT2D eigenvalue weighted by molar-refractivity contribution is -0.181. The number of ether oxygens (including phenoxy) is 2. The highest BCUT2D eigenvalue weighted by atomic mass is 19.1. The molecular formula is C9H17FO5. The van der Waals surface area contributed by atoms with Gasteiger partial charge in [0.1, 0.15) is 0 Å². The van der Waals surface area contributed by atoms with Crippen molar-refractivity contribution in [3.63, 3.8) is 0 Å². The van der Waals surface area contributed by atoms with Gasteiger partial charge >= 0.3 is 5.97 Å². The molecule has 0 radical (unpaired) electrons. The first-order valence-electron chi connectivity index (χ1n) is 4.54. The van der Waals surface area contributed by atoms with E-state index in [4.69, 9.17) is 9.84 Å². The Morgan fingerprint density at radius 2 is 2.07 bits per heavy atom. The number of methoxy groups -OCH3 is 1. The van der Waals surface area contributed by atoms with Crippen molar-refractivity contribution in [2.24, 2.45) is 0 Å². The summed E-state index contributed by atoms with van der Waals surface area (Å²) in [5.74, 6) is -2.46. The summed E-state index contributed by atoms with van der Waals surface area (Å²) in [6.07, 6.45) is -3.67. The van der Waals surface area contributed by atoms with E-state index in [1.54, 1.807) is 0 Å². The first kappa shape index (κ1) is 14.3. The fourth-order valence-corrected chi connectivity index (χ4v) is 0.845. The lowest BCUT2D eigenvalue weighted by Gasteiger charge is -2.20. The van der Waals surface area contributed by atoms with Gasteiger partial charge in [-0.3, -0.25) is 0 Å². The molecule has 0 amide bonds. The van der Waals surface area contributed by atoms with Crippen molar-refractivity contribution in [1.82, 2.24) is 0 Å². The third-order valence-electron chi connectivity index (χ3n) is 1.63. The normalized spacial score (nSPS) is 15.9. The number of alkyl halides is 1. The number of esters is 1. The van der Waals surface area contributed by atoms with Crippen LogP contribution in [-0.4, -0.2) is 48.0 Å². The summed E-state index contributed by atoms with van der Waals surface area (Å²) in [6, 6.07) is 0. The summed E-state index contributed by atoms with van der Waals surface area (Å²) in [6.45, 7) is 2.77. The van der Waals surface area contributed by atoms with Crippen molar-refractivity contribution in [1.29, 1.82) is 0 Å². The molecule has 5 nitrogen and oxygen atoms in total. The summed E-state index contributed by atoms with van der Waals surface area (Å²) in [4.78, 5) is 10.7. The number of rotatable bonds is 6. The van der Waals surface area contributed by atoms with E-state index in [1.165, 1.54) is 13.8 Å². The topological polar surface area (TPSA) is 76.0 Å². The predicted molar refractivity (Wildman–Crippen MR) is 49.8 cm³/mol. The van der Waals surface area contributed by atoms with Crippen LogP contribution in [0.5, 0.6) is 0 Å². The molecule has 0 fully saturated rings. The van der Waals surface area contributed by atoms with E-state index < -0.39 is 24.0 Å². The minimum Gasteiger partial charge on any atom is -0.467 e. The molecule has 90 valence electrons. The maximum atomic E-state index is 13.0. The van der Waals surface area contributed by atoms with Gasteiger partial charge in [-0.2, -0.15) is 0 Å². The van der Waals surface area contributed by atoms with Gasteiger partial charge in [0.25, 0.3) is 0 Å². The zero-order chi connectivity index (χ0) is 12.1. The summed E-state index contributed by atoms with van der Waals surface area (Å²) < 4.78 is 21.9. The first-order chi connectivity index (χ1) is 6.78. The van der Waals surface area contributed by atoms with Crippen LogP contribution in [0.3, 0.4) is 0 Å². The standard InChI is InChI=1S/C9H17FO5/c1-9(2,13)15-5-4-6(11)7(10)8(12)14-3/h6-7,11,13H,4-5H2,1-3H3. The van der Waals surface area contributed by atoms with Crippen LogP contribution in [0.4, 0.5) is 4.39 Å². The van der Waals surface area contributed by atoms with Crippen molar-refractivity contribution >= 4 is 5.97 Å². The molecular weight excluding hydrogens is 207 g/mol. The third kappa shape index (κ3) is 6.38. The Labute approximate surface area is 87.8 Å². The quantitative estimate of drug-likeness (QED) is 0.490. The number of hydrogen-bond acceptors (Lipinski definition) is 5. The third-order valence-corrected chi connectivity index (χ3v) is 1.63. The lowest BCUT2D eigenvalue weighted by atomic mass is 10.1. The monoisotopic (exact) mass is 224 g/mol. The Kier molecular flexibility index (Phi) is 5.71. The Bertz CT molecular complexity index is 201. The molecule has 0 aliphatic heterocycles. The molecule has 0 saturated carbocycles. The lowest BCUT2D eigenvalue weighted by Crippen LogP contribution is -2.33. The fraction of sp³-hybridized carbons (Fsp3) is 0.889. The number of carbonyl (C=O) groups is 1. The Morgan fingerprint density at radius 1 is 1.53 bits per heavy atom. The van der Waals surface area contributed by atoms with Crippen molar-refractivity contribution in [3.8, 4) is 0 Å². The Morgan fingerprint density at radius 3 is 2.47 bits per heavy atom. The molecule has 0 rings (SSSR count). The highest BCUT2D eigenvalue weighted by molar-refractivity contribution is 5.75. The summed E-state index contributed by atoms with van der Waals surface area (Å²) in [5.41, 5.74) is 0. The van der Waals surface area contributed by atoms with E-state index in [1.807, 2.05) is 0 Å². The molecule has 0 aromatic heterocycles. The first-order valence-corrected chi connectivity index (χ1v) is 4.54. The predicted octanol–water partition coefficient (Wildman–Crippen LogP) is -0.00650. The highest BCUT2D eigenvalue weighted by Crippen LogP contribution is 2.09. The molecule has 2 atom stereocenters. The molecule has 0 aromatic carbocycles. The van der Waals surface area contributed by atoms with Gasteiger partial charge in [-0.15, -0.1) is 0 Å². The molecule has 15 heavy (non-hydrogen) atoms. The van der Waals surface area contributed by atoms with Crippen LogP contribution in [0.2, 0.25) is 0 Å². The van der Waals surface area contributed by atoms with Crippen LogP contribution in [-0.2, 0) is 14.3 Å². The van der Waals surface area contributed by atoms with Crippen LogP contribution in [0, 0.1) is 0 Å². The van der Waals surface area contributed by atoms with Crippen LogP contribution < -0.4 is 0 Å². The molecule has 0 aliphatic rings. The number of carbonyl (C=O) groups excluding carboxylic acids is 1. The maximum absolute atomic E-state index is 13.0. The summed E-state index contributed by atoms with van der Waals surface area (Å²) >= 11 is 0. The van der Waals surface area contributed by atoms with Crippen molar-refractivity contribution in [2.45, 2.75) is 38.3 Å². The average molecular weight is 224 g/mol. The van der Waals surface area contributed by atoms with E-state index in [9.17, 15) is 14.3 Å². The van der Waals surface area contributed by atoms with E-state index in [2.05, 4.69) is 4.74 Å². The zero-order valence-corrected chi connectivity index (χ0v) is 9.07. The van der Waals surface area contributed by atoms with E-state index in [0.717, 1.165) is 7.11 Å². The fourth-order valence-electron chi connectivity index (χ4n) is 0.845. The van der Waals surface area contributed by atoms with Crippen LogP contribution in [0.25, 0.3) is 0 Å². The summed E-state index contributed by atoms with van der Waals surface area (Å²) in [7, 11) is 1.04. The van der Waals surface area contributed by atoms with Gasteiger partial charge in [-0.1, -0.05) is 0 Å². The van der Waals surface area contributed by atoms with Gasteiger partial charge in [0.2, 0.25) is 6.17 Å². The second kappa shape index (κ2) is 5.99. The minimum absolute atomic E-state index is 0.0535. The van der Waals surface area contributed by atoms with Crippen molar-refractivity contribution in [2.75, 3.05) is 13.7 Å². The van der Waals surface area contributed by atoms with E-state index >= 15 is 0 Å². The molecule has 0 heterocycles. The Hall–Kier alpha value is -0.720. The molecule has 2 unspecified atom stereocenters. The zero-order valence-electron chi connectivity index (χ0n) is 9.07. The van der Waals surface area contributed by atoms with E-state index in [0.29, 0.717) is 0 Å². The molecule has 0 spiro atoms.